The number of rotatable bonds is 5. The predicted octanol–water partition coefficient (Wildman–Crippen LogP) is 0.190. The second-order valence-electron chi connectivity index (χ2n) is 3.51. The molecule has 1 aromatic rings. The van der Waals surface area contributed by atoms with Crippen LogP contribution in [0.25, 0.3) is 0 Å². The van der Waals surface area contributed by atoms with Gasteiger partial charge in [0.1, 0.15) is 6.33 Å². The summed E-state index contributed by atoms with van der Waals surface area (Å²) in [6.45, 7) is 1.80. The van der Waals surface area contributed by atoms with Gasteiger partial charge in [-0.25, -0.2) is 9.48 Å². The summed E-state index contributed by atoms with van der Waals surface area (Å²) in [4.78, 5) is 25.9. The van der Waals surface area contributed by atoms with Crippen LogP contribution in [0, 0.1) is 0 Å². The van der Waals surface area contributed by atoms with Gasteiger partial charge in [-0.2, -0.15) is 10.1 Å². The van der Waals surface area contributed by atoms with Gasteiger partial charge in [-0.05, 0) is 6.42 Å². The molecular formula is C9H15N5O3. The third-order valence-electron chi connectivity index (χ3n) is 2.19. The number of aliphatic carboxylic acids is 1. The van der Waals surface area contributed by atoms with E-state index in [1.54, 1.807) is 14.0 Å². The number of hydrogen-bond donors (Lipinski definition) is 3. The lowest BCUT2D eigenvalue weighted by atomic mass is 10.1. The highest BCUT2D eigenvalue weighted by atomic mass is 16.4. The van der Waals surface area contributed by atoms with Gasteiger partial charge in [0, 0.05) is 13.1 Å². The summed E-state index contributed by atoms with van der Waals surface area (Å²) >= 11 is 0. The van der Waals surface area contributed by atoms with Gasteiger partial charge in [-0.1, -0.05) is 6.92 Å². The van der Waals surface area contributed by atoms with Gasteiger partial charge >= 0.3 is 12.0 Å². The summed E-state index contributed by atoms with van der Waals surface area (Å²) < 4.78 is 1.40. The lowest BCUT2D eigenvalue weighted by Gasteiger charge is -2.14. The number of aromatic nitrogens is 3. The Hall–Kier alpha value is -2.12. The van der Waals surface area contributed by atoms with E-state index in [-0.39, 0.29) is 6.42 Å². The smallest absolute Gasteiger partial charge is 0.321 e. The van der Waals surface area contributed by atoms with Crippen LogP contribution < -0.4 is 10.6 Å². The standard InChI is InChI=1S/C9H15N5O3/c1-3-6(4-7(15)16)12-9(17)13-8-10-5-11-14(8)2/h5-6H,3-4H2,1-2H3,(H,15,16)(H2,10,11,12,13,17). The highest BCUT2D eigenvalue weighted by Gasteiger charge is 2.14. The lowest BCUT2D eigenvalue weighted by molar-refractivity contribution is -0.137. The van der Waals surface area contributed by atoms with Crippen molar-refractivity contribution in [1.82, 2.24) is 20.1 Å². The fourth-order valence-corrected chi connectivity index (χ4v) is 1.24. The molecular weight excluding hydrogens is 226 g/mol. The molecule has 1 heterocycles. The Morgan fingerprint density at radius 2 is 2.29 bits per heavy atom. The number of anilines is 1. The highest BCUT2D eigenvalue weighted by Crippen LogP contribution is 2.00. The third-order valence-corrected chi connectivity index (χ3v) is 2.19. The van der Waals surface area contributed by atoms with Crippen LogP contribution in [0.15, 0.2) is 6.33 Å². The van der Waals surface area contributed by atoms with E-state index in [9.17, 15) is 9.59 Å². The number of carbonyl (C=O) groups excluding carboxylic acids is 1. The normalized spacial score (nSPS) is 11.9. The van der Waals surface area contributed by atoms with Crippen LogP contribution in [0.4, 0.5) is 10.7 Å². The molecule has 1 rings (SSSR count). The minimum atomic E-state index is -0.948. The van der Waals surface area contributed by atoms with Crippen molar-refractivity contribution in [2.75, 3.05) is 5.32 Å². The molecule has 0 aliphatic carbocycles. The van der Waals surface area contributed by atoms with Crippen LogP contribution in [0.5, 0.6) is 0 Å². The maximum absolute atomic E-state index is 11.5. The van der Waals surface area contributed by atoms with Gasteiger partial charge in [-0.15, -0.1) is 0 Å². The molecule has 8 heteroatoms. The number of hydrogen-bond acceptors (Lipinski definition) is 4. The summed E-state index contributed by atoms with van der Waals surface area (Å²) in [6, 6.07) is -0.894. The molecule has 1 atom stereocenters. The maximum atomic E-state index is 11.5. The molecule has 2 amide bonds. The van der Waals surface area contributed by atoms with Crippen LogP contribution in [0.1, 0.15) is 19.8 Å². The number of nitrogens with zero attached hydrogens (tertiary/aromatic N) is 3. The van der Waals surface area contributed by atoms with Crippen molar-refractivity contribution in [1.29, 1.82) is 0 Å². The molecule has 0 bridgehead atoms. The maximum Gasteiger partial charge on any atom is 0.321 e. The number of urea groups is 1. The largest absolute Gasteiger partial charge is 0.481 e. The van der Waals surface area contributed by atoms with Gasteiger partial charge in [0.2, 0.25) is 5.95 Å². The number of carboxylic acids is 1. The molecule has 0 radical (unpaired) electrons. The average molecular weight is 241 g/mol. The van der Waals surface area contributed by atoms with E-state index in [4.69, 9.17) is 5.11 Å². The number of aryl methyl sites for hydroxylation is 1. The number of nitrogens with one attached hydrogen (secondary N) is 2. The van der Waals surface area contributed by atoms with Gasteiger partial charge < -0.3 is 10.4 Å². The Morgan fingerprint density at radius 1 is 1.59 bits per heavy atom. The Kier molecular flexibility index (Phi) is 4.44. The van der Waals surface area contributed by atoms with Crippen molar-refractivity contribution < 1.29 is 14.7 Å². The zero-order valence-corrected chi connectivity index (χ0v) is 9.67. The summed E-state index contributed by atoms with van der Waals surface area (Å²) in [5.74, 6) is -0.650. The van der Waals surface area contributed by atoms with Crippen molar-refractivity contribution in [2.45, 2.75) is 25.8 Å². The van der Waals surface area contributed by atoms with Crippen molar-refractivity contribution in [3.8, 4) is 0 Å². The fourth-order valence-electron chi connectivity index (χ4n) is 1.24. The van der Waals surface area contributed by atoms with E-state index >= 15 is 0 Å². The highest BCUT2D eigenvalue weighted by molar-refractivity contribution is 5.87. The van der Waals surface area contributed by atoms with Gasteiger partial charge in [0.25, 0.3) is 0 Å². The molecule has 3 N–H and O–H groups in total. The Labute approximate surface area is 98.0 Å². The minimum absolute atomic E-state index is 0.108. The van der Waals surface area contributed by atoms with E-state index in [2.05, 4.69) is 20.7 Å². The molecule has 94 valence electrons. The lowest BCUT2D eigenvalue weighted by Crippen LogP contribution is -2.39. The number of amides is 2. The second kappa shape index (κ2) is 5.83. The Balaban J connectivity index is 2.48. The molecule has 0 spiro atoms. The molecule has 8 nitrogen and oxygen atoms in total. The van der Waals surface area contributed by atoms with E-state index < -0.39 is 18.0 Å². The molecule has 1 unspecified atom stereocenters. The zero-order valence-electron chi connectivity index (χ0n) is 9.67. The van der Waals surface area contributed by atoms with E-state index in [0.29, 0.717) is 12.4 Å². The van der Waals surface area contributed by atoms with E-state index in [1.165, 1.54) is 11.0 Å². The Morgan fingerprint density at radius 3 is 2.76 bits per heavy atom. The molecule has 0 aromatic carbocycles. The molecule has 17 heavy (non-hydrogen) atoms. The van der Waals surface area contributed by atoms with Gasteiger partial charge in [0.15, 0.2) is 0 Å². The van der Waals surface area contributed by atoms with Crippen molar-refractivity contribution in [2.24, 2.45) is 7.05 Å². The first-order valence-corrected chi connectivity index (χ1v) is 5.16. The van der Waals surface area contributed by atoms with Crippen LogP contribution in [0.3, 0.4) is 0 Å². The molecule has 0 fully saturated rings. The van der Waals surface area contributed by atoms with Crippen molar-refractivity contribution >= 4 is 17.9 Å². The predicted molar refractivity (Wildman–Crippen MR) is 59.5 cm³/mol. The van der Waals surface area contributed by atoms with Crippen molar-refractivity contribution in [3.05, 3.63) is 6.33 Å². The van der Waals surface area contributed by atoms with Crippen LogP contribution >= 0.6 is 0 Å². The summed E-state index contributed by atoms with van der Waals surface area (Å²) in [6.07, 6.45) is 1.74. The molecule has 0 saturated heterocycles. The third kappa shape index (κ3) is 4.09. The summed E-state index contributed by atoms with van der Waals surface area (Å²) in [7, 11) is 1.64. The summed E-state index contributed by atoms with van der Waals surface area (Å²) in [5, 5.41) is 17.4. The first kappa shape index (κ1) is 12.9. The first-order valence-electron chi connectivity index (χ1n) is 5.16. The van der Waals surface area contributed by atoms with Gasteiger partial charge in [-0.3, -0.25) is 10.1 Å². The topological polar surface area (TPSA) is 109 Å². The first-order chi connectivity index (χ1) is 8.02. The molecule has 0 aliphatic rings. The average Bonchev–Trinajstić information content (AvgIpc) is 2.62. The van der Waals surface area contributed by atoms with Crippen LogP contribution in [-0.4, -0.2) is 37.9 Å². The molecule has 0 saturated carbocycles. The van der Waals surface area contributed by atoms with Crippen LogP contribution in [-0.2, 0) is 11.8 Å². The molecule has 0 aliphatic heterocycles. The van der Waals surface area contributed by atoms with Crippen LogP contribution in [0.2, 0.25) is 0 Å². The van der Waals surface area contributed by atoms with Gasteiger partial charge in [0.05, 0.1) is 6.42 Å². The monoisotopic (exact) mass is 241 g/mol. The number of carbonyl (C=O) groups is 2. The zero-order chi connectivity index (χ0) is 12.8. The van der Waals surface area contributed by atoms with Crippen molar-refractivity contribution in [3.63, 3.8) is 0 Å². The summed E-state index contributed by atoms with van der Waals surface area (Å²) in [5.41, 5.74) is 0. The second-order valence-corrected chi connectivity index (χ2v) is 3.51. The molecule has 1 aromatic heterocycles. The van der Waals surface area contributed by atoms with E-state index in [1.807, 2.05) is 0 Å². The number of carboxylic acid groups (broad SMARTS) is 1. The Bertz CT molecular complexity index is 403. The quantitative estimate of drug-likeness (QED) is 0.681. The van der Waals surface area contributed by atoms with E-state index in [0.717, 1.165) is 0 Å². The fraction of sp³-hybridized carbons (Fsp3) is 0.556. The SMILES string of the molecule is CCC(CC(=O)O)NC(=O)Nc1ncnn1C. The minimum Gasteiger partial charge on any atom is -0.481 e.